The highest BCUT2D eigenvalue weighted by atomic mass is 79.9. The van der Waals surface area contributed by atoms with Crippen LogP contribution in [0.2, 0.25) is 0 Å². The van der Waals surface area contributed by atoms with Crippen LogP contribution in [0.4, 0.5) is 0 Å². The third kappa shape index (κ3) is 2.72. The van der Waals surface area contributed by atoms with Crippen molar-refractivity contribution in [2.24, 2.45) is 5.92 Å². The van der Waals surface area contributed by atoms with Crippen molar-refractivity contribution in [1.82, 2.24) is 9.29 Å². The molecule has 2 aromatic rings. The second kappa shape index (κ2) is 5.66. The van der Waals surface area contributed by atoms with Crippen molar-refractivity contribution in [2.75, 3.05) is 13.1 Å². The number of aromatic nitrogens is 1. The molecule has 0 saturated carbocycles. The summed E-state index contributed by atoms with van der Waals surface area (Å²) in [5, 5.41) is 1.59. The minimum atomic E-state index is -3.46. The molecule has 21 heavy (non-hydrogen) atoms. The summed E-state index contributed by atoms with van der Waals surface area (Å²) in [4.78, 5) is 4.82. The maximum absolute atomic E-state index is 12.9. The first kappa shape index (κ1) is 14.9. The van der Waals surface area contributed by atoms with E-state index in [4.69, 9.17) is 0 Å². The highest BCUT2D eigenvalue weighted by molar-refractivity contribution is 9.09. The highest BCUT2D eigenvalue weighted by Crippen LogP contribution is 2.30. The monoisotopic (exact) mass is 368 g/mol. The standard InChI is InChI=1S/C15H17BrN2O2S/c1-11-10-18(8-6-14(11)16)21(19,20)15-4-2-3-12-9-17-7-5-13(12)15/h2-5,7,9,11,14H,6,8,10H2,1H3. The van der Waals surface area contributed by atoms with Crippen LogP contribution >= 0.6 is 15.9 Å². The van der Waals surface area contributed by atoms with Crippen LogP contribution in [0.5, 0.6) is 0 Å². The minimum Gasteiger partial charge on any atom is -0.264 e. The number of nitrogens with zero attached hydrogens (tertiary/aromatic N) is 2. The van der Waals surface area contributed by atoms with Crippen molar-refractivity contribution in [3.05, 3.63) is 36.7 Å². The van der Waals surface area contributed by atoms with E-state index >= 15 is 0 Å². The van der Waals surface area contributed by atoms with Crippen LogP contribution in [0.3, 0.4) is 0 Å². The molecule has 6 heteroatoms. The molecule has 2 atom stereocenters. The predicted molar refractivity (Wildman–Crippen MR) is 87.0 cm³/mol. The Morgan fingerprint density at radius 2 is 2.14 bits per heavy atom. The third-order valence-corrected chi connectivity index (χ3v) is 7.31. The molecule has 0 spiro atoms. The fourth-order valence-electron chi connectivity index (χ4n) is 2.75. The molecule has 112 valence electrons. The number of sulfonamides is 1. The van der Waals surface area contributed by atoms with Gasteiger partial charge in [0.05, 0.1) is 4.90 Å². The lowest BCUT2D eigenvalue weighted by atomic mass is 10.0. The molecular formula is C15H17BrN2O2S. The lowest BCUT2D eigenvalue weighted by Gasteiger charge is -2.33. The number of hydrogen-bond acceptors (Lipinski definition) is 3. The first-order valence-corrected chi connectivity index (χ1v) is 9.32. The molecule has 0 radical (unpaired) electrons. The molecule has 3 rings (SSSR count). The Hall–Kier alpha value is -0.980. The van der Waals surface area contributed by atoms with Gasteiger partial charge >= 0.3 is 0 Å². The van der Waals surface area contributed by atoms with Crippen molar-refractivity contribution in [3.8, 4) is 0 Å². The summed E-state index contributed by atoms with van der Waals surface area (Å²) < 4.78 is 27.5. The van der Waals surface area contributed by atoms with Gasteiger partial charge in [-0.25, -0.2) is 8.42 Å². The van der Waals surface area contributed by atoms with E-state index in [0.29, 0.717) is 28.7 Å². The maximum atomic E-state index is 12.9. The van der Waals surface area contributed by atoms with Gasteiger partial charge in [-0.05, 0) is 24.5 Å². The molecule has 2 unspecified atom stereocenters. The minimum absolute atomic E-state index is 0.310. The zero-order chi connectivity index (χ0) is 15.0. The number of halogens is 1. The SMILES string of the molecule is CC1CN(S(=O)(=O)c2cccc3cnccc23)CCC1Br. The van der Waals surface area contributed by atoms with E-state index in [1.807, 2.05) is 6.07 Å². The van der Waals surface area contributed by atoms with Crippen molar-refractivity contribution in [3.63, 3.8) is 0 Å². The van der Waals surface area contributed by atoms with E-state index in [9.17, 15) is 8.42 Å². The van der Waals surface area contributed by atoms with Gasteiger partial charge in [0, 0.05) is 41.1 Å². The fraction of sp³-hybridized carbons (Fsp3) is 0.400. The lowest BCUT2D eigenvalue weighted by Crippen LogP contribution is -2.43. The van der Waals surface area contributed by atoms with Gasteiger partial charge in [-0.1, -0.05) is 35.0 Å². The average Bonchev–Trinajstić information content (AvgIpc) is 2.49. The fourth-order valence-corrected chi connectivity index (χ4v) is 4.90. The van der Waals surface area contributed by atoms with Gasteiger partial charge in [0.2, 0.25) is 10.0 Å². The number of fused-ring (bicyclic) bond motifs is 1. The molecular weight excluding hydrogens is 352 g/mol. The smallest absolute Gasteiger partial charge is 0.243 e. The number of hydrogen-bond donors (Lipinski definition) is 0. The quantitative estimate of drug-likeness (QED) is 0.765. The van der Waals surface area contributed by atoms with E-state index in [0.717, 1.165) is 17.2 Å². The number of piperidine rings is 1. The van der Waals surface area contributed by atoms with E-state index in [2.05, 4.69) is 27.8 Å². The Labute approximate surface area is 133 Å². The maximum Gasteiger partial charge on any atom is 0.243 e. The second-order valence-corrected chi connectivity index (χ2v) is 8.58. The molecule has 1 aliphatic rings. The molecule has 2 heterocycles. The Morgan fingerprint density at radius 3 is 2.90 bits per heavy atom. The van der Waals surface area contributed by atoms with Crippen molar-refractivity contribution in [2.45, 2.75) is 23.1 Å². The predicted octanol–water partition coefficient (Wildman–Crippen LogP) is 3.03. The molecule has 1 aromatic heterocycles. The van der Waals surface area contributed by atoms with Gasteiger partial charge in [-0.15, -0.1) is 0 Å². The summed E-state index contributed by atoms with van der Waals surface area (Å²) in [6.45, 7) is 3.19. The molecule has 1 fully saturated rings. The summed E-state index contributed by atoms with van der Waals surface area (Å²) in [5.41, 5.74) is 0. The van der Waals surface area contributed by atoms with Crippen LogP contribution < -0.4 is 0 Å². The summed E-state index contributed by atoms with van der Waals surface area (Å²) in [6.07, 6.45) is 4.17. The van der Waals surface area contributed by atoms with Crippen LogP contribution in [0.15, 0.2) is 41.6 Å². The zero-order valence-corrected chi connectivity index (χ0v) is 14.1. The summed E-state index contributed by atoms with van der Waals surface area (Å²) in [7, 11) is -3.46. The van der Waals surface area contributed by atoms with Gasteiger partial charge in [-0.2, -0.15) is 4.31 Å². The van der Waals surface area contributed by atoms with Gasteiger partial charge in [-0.3, -0.25) is 4.98 Å². The molecule has 1 aromatic carbocycles. The van der Waals surface area contributed by atoms with Crippen molar-refractivity contribution in [1.29, 1.82) is 0 Å². The zero-order valence-electron chi connectivity index (χ0n) is 11.7. The topological polar surface area (TPSA) is 50.3 Å². The molecule has 1 saturated heterocycles. The first-order valence-electron chi connectivity index (χ1n) is 6.97. The van der Waals surface area contributed by atoms with Crippen LogP contribution in [0.25, 0.3) is 10.8 Å². The van der Waals surface area contributed by atoms with E-state index in [1.54, 1.807) is 34.9 Å². The van der Waals surface area contributed by atoms with E-state index in [-0.39, 0.29) is 0 Å². The third-order valence-electron chi connectivity index (χ3n) is 4.02. The Balaban J connectivity index is 2.05. The van der Waals surface area contributed by atoms with Gasteiger partial charge < -0.3 is 0 Å². The summed E-state index contributed by atoms with van der Waals surface area (Å²) in [6, 6.07) is 7.11. The van der Waals surface area contributed by atoms with Gasteiger partial charge in [0.25, 0.3) is 0 Å². The first-order chi connectivity index (χ1) is 10.00. The van der Waals surface area contributed by atoms with Crippen LogP contribution in [-0.4, -0.2) is 35.6 Å². The molecule has 4 nitrogen and oxygen atoms in total. The van der Waals surface area contributed by atoms with Gasteiger partial charge in [0.15, 0.2) is 0 Å². The van der Waals surface area contributed by atoms with Gasteiger partial charge in [0.1, 0.15) is 0 Å². The van der Waals surface area contributed by atoms with E-state index in [1.165, 1.54) is 0 Å². The lowest BCUT2D eigenvalue weighted by molar-refractivity contribution is 0.292. The summed E-state index contributed by atoms with van der Waals surface area (Å²) >= 11 is 3.61. The second-order valence-electron chi connectivity index (χ2n) is 5.50. The van der Waals surface area contributed by atoms with Crippen LogP contribution in [0, 0.1) is 5.92 Å². The number of benzene rings is 1. The number of alkyl halides is 1. The largest absolute Gasteiger partial charge is 0.264 e. The Kier molecular flexibility index (Phi) is 4.03. The molecule has 1 aliphatic heterocycles. The molecule has 0 bridgehead atoms. The summed E-state index contributed by atoms with van der Waals surface area (Å²) in [5.74, 6) is 0.310. The van der Waals surface area contributed by atoms with Crippen molar-refractivity contribution >= 4 is 36.7 Å². The van der Waals surface area contributed by atoms with Crippen LogP contribution in [-0.2, 0) is 10.0 Å². The molecule has 0 N–H and O–H groups in total. The Bertz CT molecular complexity index is 758. The molecule has 0 aliphatic carbocycles. The number of rotatable bonds is 2. The van der Waals surface area contributed by atoms with E-state index < -0.39 is 10.0 Å². The highest BCUT2D eigenvalue weighted by Gasteiger charge is 2.33. The number of pyridine rings is 1. The van der Waals surface area contributed by atoms with Crippen molar-refractivity contribution < 1.29 is 8.42 Å². The Morgan fingerprint density at radius 1 is 1.33 bits per heavy atom. The normalized spacial score (nSPS) is 24.3. The van der Waals surface area contributed by atoms with Crippen LogP contribution in [0.1, 0.15) is 13.3 Å². The average molecular weight is 369 g/mol. The molecule has 0 amide bonds.